The van der Waals surface area contributed by atoms with Crippen LogP contribution in [-0.2, 0) is 16.0 Å². The fraction of sp³-hybridized carbons (Fsp3) is 0.600. The van der Waals surface area contributed by atoms with E-state index in [4.69, 9.17) is 0 Å². The molecule has 0 radical (unpaired) electrons. The van der Waals surface area contributed by atoms with Gasteiger partial charge in [0.05, 0.1) is 6.54 Å². The first-order chi connectivity index (χ1) is 12.1. The summed E-state index contributed by atoms with van der Waals surface area (Å²) >= 11 is 0. The Morgan fingerprint density at radius 1 is 1.08 bits per heavy atom. The van der Waals surface area contributed by atoms with Crippen LogP contribution in [0.15, 0.2) is 30.3 Å². The molecule has 0 saturated carbocycles. The zero-order chi connectivity index (χ0) is 17.6. The number of hydrogen-bond acceptors (Lipinski definition) is 3. The van der Waals surface area contributed by atoms with E-state index >= 15 is 0 Å². The minimum atomic E-state index is 0.0928. The third kappa shape index (κ3) is 4.60. The number of likely N-dealkylation sites (tertiary alicyclic amines) is 2. The molecular formula is C20H29N3O2. The predicted molar refractivity (Wildman–Crippen MR) is 98.2 cm³/mol. The first kappa shape index (κ1) is 17.9. The first-order valence-corrected chi connectivity index (χ1v) is 9.47. The second-order valence-electron chi connectivity index (χ2n) is 7.19. The maximum atomic E-state index is 12.3. The van der Waals surface area contributed by atoms with Gasteiger partial charge in [0.15, 0.2) is 0 Å². The third-order valence-electron chi connectivity index (χ3n) is 5.49. The van der Waals surface area contributed by atoms with E-state index < -0.39 is 0 Å². The predicted octanol–water partition coefficient (Wildman–Crippen LogP) is 1.82. The van der Waals surface area contributed by atoms with E-state index in [2.05, 4.69) is 22.3 Å². The van der Waals surface area contributed by atoms with Crippen molar-refractivity contribution in [2.45, 2.75) is 51.1 Å². The fourth-order valence-electron chi connectivity index (χ4n) is 4.30. The van der Waals surface area contributed by atoms with E-state index in [1.165, 1.54) is 5.56 Å². The van der Waals surface area contributed by atoms with E-state index in [9.17, 15) is 9.59 Å². The molecule has 5 heteroatoms. The van der Waals surface area contributed by atoms with Crippen LogP contribution >= 0.6 is 0 Å². The molecule has 2 atom stereocenters. The van der Waals surface area contributed by atoms with Crippen LogP contribution in [0.25, 0.3) is 0 Å². The summed E-state index contributed by atoms with van der Waals surface area (Å²) in [5, 5.41) is 3.04. The molecule has 2 aliphatic rings. The van der Waals surface area contributed by atoms with Crippen LogP contribution in [0.3, 0.4) is 0 Å². The SMILES string of the molecule is CC(=O)N1CCCC1C1CCCN1CC(=O)NCCc1ccccc1. The van der Waals surface area contributed by atoms with Crippen molar-refractivity contribution in [3.8, 4) is 0 Å². The number of carbonyl (C=O) groups is 2. The lowest BCUT2D eigenvalue weighted by atomic mass is 10.0. The molecule has 25 heavy (non-hydrogen) atoms. The largest absolute Gasteiger partial charge is 0.355 e. The average Bonchev–Trinajstić information content (AvgIpc) is 3.24. The van der Waals surface area contributed by atoms with Crippen molar-refractivity contribution in [3.05, 3.63) is 35.9 Å². The number of carbonyl (C=O) groups excluding carboxylic acids is 2. The normalized spacial score (nSPS) is 23.8. The Bertz CT molecular complexity index is 590. The standard InChI is InChI=1S/C20H29N3O2/c1-16(24)23-14-6-10-19(23)18-9-5-13-22(18)15-20(25)21-12-11-17-7-3-2-4-8-17/h2-4,7-8,18-19H,5-6,9-15H2,1H3,(H,21,25). The second-order valence-corrected chi connectivity index (χ2v) is 7.19. The van der Waals surface area contributed by atoms with Gasteiger partial charge in [-0.25, -0.2) is 0 Å². The van der Waals surface area contributed by atoms with Crippen molar-refractivity contribution in [3.63, 3.8) is 0 Å². The van der Waals surface area contributed by atoms with Crippen molar-refractivity contribution in [1.82, 2.24) is 15.1 Å². The molecule has 2 aliphatic heterocycles. The summed E-state index contributed by atoms with van der Waals surface area (Å²) in [6, 6.07) is 10.8. The second kappa shape index (κ2) is 8.48. The topological polar surface area (TPSA) is 52.7 Å². The lowest BCUT2D eigenvalue weighted by molar-refractivity contribution is -0.130. The number of nitrogens with zero attached hydrogens (tertiary/aromatic N) is 2. The summed E-state index contributed by atoms with van der Waals surface area (Å²) in [7, 11) is 0. The number of hydrogen-bond donors (Lipinski definition) is 1. The molecule has 0 aromatic heterocycles. The zero-order valence-corrected chi connectivity index (χ0v) is 15.1. The average molecular weight is 343 g/mol. The highest BCUT2D eigenvalue weighted by Gasteiger charge is 2.39. The molecule has 2 amide bonds. The molecule has 2 fully saturated rings. The van der Waals surface area contributed by atoms with Gasteiger partial charge in [-0.1, -0.05) is 30.3 Å². The molecule has 2 heterocycles. The Morgan fingerprint density at radius 3 is 2.56 bits per heavy atom. The highest BCUT2D eigenvalue weighted by atomic mass is 16.2. The monoisotopic (exact) mass is 343 g/mol. The van der Waals surface area contributed by atoms with Crippen LogP contribution < -0.4 is 5.32 Å². The Morgan fingerprint density at radius 2 is 1.80 bits per heavy atom. The minimum Gasteiger partial charge on any atom is -0.355 e. The summed E-state index contributed by atoms with van der Waals surface area (Å²) in [5.41, 5.74) is 1.24. The van der Waals surface area contributed by atoms with E-state index in [0.717, 1.165) is 45.2 Å². The molecule has 1 aromatic rings. The van der Waals surface area contributed by atoms with Crippen LogP contribution in [0.5, 0.6) is 0 Å². The Balaban J connectivity index is 1.47. The van der Waals surface area contributed by atoms with Gasteiger partial charge in [-0.2, -0.15) is 0 Å². The zero-order valence-electron chi connectivity index (χ0n) is 15.1. The van der Waals surface area contributed by atoms with Gasteiger partial charge >= 0.3 is 0 Å². The number of amides is 2. The van der Waals surface area contributed by atoms with Crippen LogP contribution in [0.2, 0.25) is 0 Å². The number of nitrogens with one attached hydrogen (secondary N) is 1. The van der Waals surface area contributed by atoms with Crippen LogP contribution in [0, 0.1) is 0 Å². The molecule has 2 saturated heterocycles. The minimum absolute atomic E-state index is 0.0928. The molecule has 0 spiro atoms. The van der Waals surface area contributed by atoms with Gasteiger partial charge in [0.2, 0.25) is 11.8 Å². The molecule has 136 valence electrons. The number of rotatable bonds is 6. The van der Waals surface area contributed by atoms with Crippen LogP contribution in [-0.4, -0.2) is 59.9 Å². The summed E-state index contributed by atoms with van der Waals surface area (Å²) in [5.74, 6) is 0.261. The van der Waals surface area contributed by atoms with Gasteiger partial charge in [0.1, 0.15) is 0 Å². The number of benzene rings is 1. The third-order valence-corrected chi connectivity index (χ3v) is 5.49. The Hall–Kier alpha value is -1.88. The molecule has 0 aliphatic carbocycles. The molecule has 2 unspecified atom stereocenters. The molecule has 3 rings (SSSR count). The van der Waals surface area contributed by atoms with E-state index in [1.807, 2.05) is 23.1 Å². The lowest BCUT2D eigenvalue weighted by Gasteiger charge is -2.34. The maximum absolute atomic E-state index is 12.3. The van der Waals surface area contributed by atoms with Gasteiger partial charge in [-0.05, 0) is 44.2 Å². The maximum Gasteiger partial charge on any atom is 0.234 e. The van der Waals surface area contributed by atoms with Gasteiger partial charge in [0, 0.05) is 32.1 Å². The lowest BCUT2D eigenvalue weighted by Crippen LogP contribution is -2.50. The van der Waals surface area contributed by atoms with Crippen molar-refractivity contribution >= 4 is 11.8 Å². The van der Waals surface area contributed by atoms with Gasteiger partial charge in [-0.15, -0.1) is 0 Å². The summed E-state index contributed by atoms with van der Waals surface area (Å²) < 4.78 is 0. The molecular weight excluding hydrogens is 314 g/mol. The Labute approximate surface area is 150 Å². The van der Waals surface area contributed by atoms with Crippen molar-refractivity contribution < 1.29 is 9.59 Å². The van der Waals surface area contributed by atoms with Crippen molar-refractivity contribution in [2.24, 2.45) is 0 Å². The fourth-order valence-corrected chi connectivity index (χ4v) is 4.30. The van der Waals surface area contributed by atoms with E-state index in [0.29, 0.717) is 19.1 Å². The van der Waals surface area contributed by atoms with Crippen LogP contribution in [0.1, 0.15) is 38.2 Å². The van der Waals surface area contributed by atoms with Gasteiger partial charge in [-0.3, -0.25) is 14.5 Å². The van der Waals surface area contributed by atoms with E-state index in [1.54, 1.807) is 6.92 Å². The Kier molecular flexibility index (Phi) is 6.08. The van der Waals surface area contributed by atoms with E-state index in [-0.39, 0.29) is 17.9 Å². The van der Waals surface area contributed by atoms with Crippen LogP contribution in [0.4, 0.5) is 0 Å². The summed E-state index contributed by atoms with van der Waals surface area (Å²) in [6.07, 6.45) is 5.21. The highest BCUT2D eigenvalue weighted by molar-refractivity contribution is 5.78. The molecule has 0 bridgehead atoms. The van der Waals surface area contributed by atoms with Crippen molar-refractivity contribution in [2.75, 3.05) is 26.2 Å². The molecule has 1 aromatic carbocycles. The molecule has 5 nitrogen and oxygen atoms in total. The molecule has 1 N–H and O–H groups in total. The quantitative estimate of drug-likeness (QED) is 0.857. The smallest absolute Gasteiger partial charge is 0.234 e. The van der Waals surface area contributed by atoms with Gasteiger partial charge < -0.3 is 10.2 Å². The van der Waals surface area contributed by atoms with Gasteiger partial charge in [0.25, 0.3) is 0 Å². The highest BCUT2D eigenvalue weighted by Crippen LogP contribution is 2.29. The summed E-state index contributed by atoms with van der Waals surface area (Å²) in [6.45, 7) is 4.60. The first-order valence-electron chi connectivity index (χ1n) is 9.47. The summed E-state index contributed by atoms with van der Waals surface area (Å²) in [4.78, 5) is 28.5. The van der Waals surface area contributed by atoms with Crippen molar-refractivity contribution in [1.29, 1.82) is 0 Å².